The van der Waals surface area contributed by atoms with E-state index in [9.17, 15) is 14.7 Å². The van der Waals surface area contributed by atoms with Crippen molar-refractivity contribution in [2.24, 2.45) is 5.92 Å². The van der Waals surface area contributed by atoms with Crippen LogP contribution < -0.4 is 5.32 Å². The van der Waals surface area contributed by atoms with Gasteiger partial charge in [-0.3, -0.25) is 9.59 Å². The second kappa shape index (κ2) is 11.1. The number of aryl methyl sites for hydroxylation is 2. The largest absolute Gasteiger partial charge is 0.481 e. The van der Waals surface area contributed by atoms with Crippen molar-refractivity contribution >= 4 is 17.6 Å². The van der Waals surface area contributed by atoms with Crippen LogP contribution in [0.2, 0.25) is 0 Å². The van der Waals surface area contributed by atoms with Crippen LogP contribution in [0.15, 0.2) is 47.0 Å². The van der Waals surface area contributed by atoms with Gasteiger partial charge in [0.25, 0.3) is 0 Å². The zero-order chi connectivity index (χ0) is 25.8. The molecule has 1 saturated carbocycles. The van der Waals surface area contributed by atoms with Crippen molar-refractivity contribution in [3.05, 3.63) is 70.4 Å². The van der Waals surface area contributed by atoms with Crippen molar-refractivity contribution in [3.8, 4) is 11.3 Å². The average Bonchev–Trinajstić information content (AvgIpc) is 3.56. The number of aromatic nitrogens is 1. The third-order valence-corrected chi connectivity index (χ3v) is 6.78. The first kappa shape index (κ1) is 25.7. The summed E-state index contributed by atoms with van der Waals surface area (Å²) in [6.45, 7) is 8.39. The highest BCUT2D eigenvalue weighted by Crippen LogP contribution is 2.48. The summed E-state index contributed by atoms with van der Waals surface area (Å²) >= 11 is 0. The lowest BCUT2D eigenvalue weighted by Crippen LogP contribution is -2.18. The summed E-state index contributed by atoms with van der Waals surface area (Å²) < 4.78 is 5.89. The monoisotopic (exact) mass is 488 g/mol. The fourth-order valence-electron chi connectivity index (χ4n) is 4.85. The number of carbonyl (C=O) groups excluding carboxylic acids is 1. The molecule has 0 aliphatic heterocycles. The number of carboxylic acids is 1. The molecule has 6 nitrogen and oxygen atoms in total. The lowest BCUT2D eigenvalue weighted by molar-refractivity contribution is -0.137. The lowest BCUT2D eigenvalue weighted by Gasteiger charge is -2.16. The molecule has 190 valence electrons. The highest BCUT2D eigenvalue weighted by atomic mass is 16.5. The molecule has 3 aromatic rings. The number of hydrogen-bond acceptors (Lipinski definition) is 4. The van der Waals surface area contributed by atoms with Crippen LogP contribution in [-0.2, 0) is 16.0 Å². The third kappa shape index (κ3) is 6.42. The third-order valence-electron chi connectivity index (χ3n) is 6.78. The van der Waals surface area contributed by atoms with E-state index in [1.807, 2.05) is 32.0 Å². The van der Waals surface area contributed by atoms with Crippen LogP contribution in [0.1, 0.15) is 85.7 Å². The van der Waals surface area contributed by atoms with E-state index in [0.717, 1.165) is 58.7 Å². The minimum absolute atomic E-state index is 0.0301. The van der Waals surface area contributed by atoms with Crippen LogP contribution in [0.4, 0.5) is 5.69 Å². The molecule has 1 heterocycles. The minimum atomic E-state index is -0.882. The van der Waals surface area contributed by atoms with Crippen molar-refractivity contribution < 1.29 is 19.2 Å². The molecule has 2 aromatic carbocycles. The molecule has 4 rings (SSSR count). The zero-order valence-electron chi connectivity index (χ0n) is 21.6. The molecule has 1 aliphatic rings. The summed E-state index contributed by atoms with van der Waals surface area (Å²) in [4.78, 5) is 24.5. The Kier molecular flexibility index (Phi) is 7.92. The summed E-state index contributed by atoms with van der Waals surface area (Å²) in [6.07, 6.45) is 3.57. The molecule has 2 N–H and O–H groups in total. The Bertz CT molecular complexity index is 1220. The van der Waals surface area contributed by atoms with E-state index in [4.69, 9.17) is 4.52 Å². The molecule has 1 aromatic heterocycles. The Balaban J connectivity index is 1.60. The number of hydrogen-bond donors (Lipinski definition) is 2. The van der Waals surface area contributed by atoms with Crippen molar-refractivity contribution in [2.45, 2.75) is 78.1 Å². The Morgan fingerprint density at radius 2 is 1.83 bits per heavy atom. The van der Waals surface area contributed by atoms with Gasteiger partial charge in [0.2, 0.25) is 5.91 Å². The van der Waals surface area contributed by atoms with Gasteiger partial charge < -0.3 is 14.9 Å². The summed E-state index contributed by atoms with van der Waals surface area (Å²) in [7, 11) is 0. The Morgan fingerprint density at radius 1 is 1.11 bits per heavy atom. The summed E-state index contributed by atoms with van der Waals surface area (Å²) in [5.74, 6) is 0.304. The van der Waals surface area contributed by atoms with E-state index in [1.165, 1.54) is 5.56 Å². The molecule has 0 radical (unpaired) electrons. The summed E-state index contributed by atoms with van der Waals surface area (Å²) in [5.41, 5.74) is 6.92. The van der Waals surface area contributed by atoms with Gasteiger partial charge in [-0.1, -0.05) is 61.0 Å². The van der Waals surface area contributed by atoms with Gasteiger partial charge in [0, 0.05) is 35.6 Å². The molecule has 1 unspecified atom stereocenters. The maximum absolute atomic E-state index is 13.1. The SMILES string of the molecule is Cc1ccc(NC(=O)CC(CCC(=O)O)c2noc(-c3ccc(CC(C)C)cc3)c2C2CC2)c(C)c1. The van der Waals surface area contributed by atoms with Gasteiger partial charge in [-0.25, -0.2) is 0 Å². The average molecular weight is 489 g/mol. The number of carboxylic acid groups (broad SMARTS) is 1. The van der Waals surface area contributed by atoms with Crippen LogP contribution in [0.3, 0.4) is 0 Å². The predicted molar refractivity (Wildman–Crippen MR) is 141 cm³/mol. The highest BCUT2D eigenvalue weighted by Gasteiger charge is 2.36. The van der Waals surface area contributed by atoms with Crippen molar-refractivity contribution in [2.75, 3.05) is 5.32 Å². The maximum Gasteiger partial charge on any atom is 0.303 e. The molecular weight excluding hydrogens is 452 g/mol. The maximum atomic E-state index is 13.1. The number of rotatable bonds is 11. The highest BCUT2D eigenvalue weighted by molar-refractivity contribution is 5.92. The molecule has 1 amide bonds. The van der Waals surface area contributed by atoms with Crippen LogP contribution >= 0.6 is 0 Å². The number of nitrogens with zero attached hydrogens (tertiary/aromatic N) is 1. The first-order chi connectivity index (χ1) is 17.2. The molecule has 0 spiro atoms. The van der Waals surface area contributed by atoms with Gasteiger partial charge in [0.1, 0.15) is 0 Å². The van der Waals surface area contributed by atoms with Gasteiger partial charge in [-0.2, -0.15) is 0 Å². The number of anilines is 1. The Hall–Kier alpha value is -3.41. The number of nitrogens with one attached hydrogen (secondary N) is 1. The van der Waals surface area contributed by atoms with Crippen LogP contribution in [0, 0.1) is 19.8 Å². The van der Waals surface area contributed by atoms with Crippen LogP contribution in [0.25, 0.3) is 11.3 Å². The van der Waals surface area contributed by atoms with Gasteiger partial charge in [0.05, 0.1) is 5.69 Å². The molecule has 1 fully saturated rings. The van der Waals surface area contributed by atoms with Gasteiger partial charge in [0.15, 0.2) is 5.76 Å². The van der Waals surface area contributed by atoms with E-state index in [1.54, 1.807) is 0 Å². The summed E-state index contributed by atoms with van der Waals surface area (Å²) in [5, 5.41) is 16.8. The molecule has 1 atom stereocenters. The normalized spacial score (nSPS) is 14.1. The van der Waals surface area contributed by atoms with Gasteiger partial charge in [-0.05, 0) is 68.6 Å². The fraction of sp³-hybridized carbons (Fsp3) is 0.433. The lowest BCUT2D eigenvalue weighted by atomic mass is 9.89. The number of amides is 1. The molecular formula is C30H36N2O4. The Morgan fingerprint density at radius 3 is 2.44 bits per heavy atom. The smallest absolute Gasteiger partial charge is 0.303 e. The van der Waals surface area contributed by atoms with E-state index in [0.29, 0.717) is 18.3 Å². The molecule has 0 bridgehead atoms. The predicted octanol–water partition coefficient (Wildman–Crippen LogP) is 7.01. The van der Waals surface area contributed by atoms with Crippen LogP contribution in [-0.4, -0.2) is 22.1 Å². The Labute approximate surface area is 213 Å². The molecule has 6 heteroatoms. The molecule has 36 heavy (non-hydrogen) atoms. The number of carbonyl (C=O) groups is 2. The van der Waals surface area contributed by atoms with Crippen molar-refractivity contribution in [1.82, 2.24) is 5.16 Å². The number of aliphatic carboxylic acids is 1. The second-order valence-corrected chi connectivity index (χ2v) is 10.6. The fourth-order valence-corrected chi connectivity index (χ4v) is 4.85. The quantitative estimate of drug-likeness (QED) is 0.303. The van der Waals surface area contributed by atoms with E-state index in [-0.39, 0.29) is 24.7 Å². The first-order valence-corrected chi connectivity index (χ1v) is 12.9. The topological polar surface area (TPSA) is 92.4 Å². The van der Waals surface area contributed by atoms with Crippen LogP contribution in [0.5, 0.6) is 0 Å². The van der Waals surface area contributed by atoms with E-state index < -0.39 is 5.97 Å². The van der Waals surface area contributed by atoms with Gasteiger partial charge >= 0.3 is 5.97 Å². The molecule has 1 aliphatic carbocycles. The zero-order valence-corrected chi connectivity index (χ0v) is 21.6. The van der Waals surface area contributed by atoms with Gasteiger partial charge in [-0.15, -0.1) is 0 Å². The second-order valence-electron chi connectivity index (χ2n) is 10.6. The minimum Gasteiger partial charge on any atom is -0.481 e. The number of benzene rings is 2. The molecule has 0 saturated heterocycles. The van der Waals surface area contributed by atoms with Crippen molar-refractivity contribution in [3.63, 3.8) is 0 Å². The summed E-state index contributed by atoms with van der Waals surface area (Å²) in [6, 6.07) is 14.3. The van der Waals surface area contributed by atoms with E-state index >= 15 is 0 Å². The van der Waals surface area contributed by atoms with Crippen molar-refractivity contribution in [1.29, 1.82) is 0 Å². The van der Waals surface area contributed by atoms with E-state index in [2.05, 4.69) is 48.6 Å². The first-order valence-electron chi connectivity index (χ1n) is 12.9. The standard InChI is InChI=1S/C30H36N2O4/c1-18(2)15-21-6-8-23(9-7-21)30-28(22-10-11-22)29(32-36-30)24(12-14-27(34)35)17-26(33)31-25-13-5-19(3)16-20(25)4/h5-9,13,16,18,22,24H,10-12,14-15,17H2,1-4H3,(H,31,33)(H,34,35).